The number of likely N-dealkylation sites (N-methyl/N-ethyl adjacent to an activating group) is 1. The first kappa shape index (κ1) is 12.2. The molecule has 3 N–H and O–H groups in total. The van der Waals surface area contributed by atoms with Crippen LogP contribution in [0.4, 0.5) is 11.5 Å². The molecule has 1 fully saturated rings. The topological polar surface area (TPSA) is 95.0 Å². The Morgan fingerprint density at radius 1 is 1.67 bits per heavy atom. The number of likely N-dealkylation sites (tertiary alicyclic amines) is 1. The van der Waals surface area contributed by atoms with E-state index in [0.717, 1.165) is 6.42 Å². The third-order valence-corrected chi connectivity index (χ3v) is 3.01. The normalized spacial score (nSPS) is 19.4. The van der Waals surface area contributed by atoms with Gasteiger partial charge < -0.3 is 16.0 Å². The van der Waals surface area contributed by atoms with Crippen LogP contribution in [-0.2, 0) is 4.79 Å². The second kappa shape index (κ2) is 4.92. The van der Waals surface area contributed by atoms with Crippen molar-refractivity contribution in [3.63, 3.8) is 0 Å². The van der Waals surface area contributed by atoms with Crippen molar-refractivity contribution in [3.8, 4) is 6.07 Å². The van der Waals surface area contributed by atoms with Crippen molar-refractivity contribution in [3.05, 3.63) is 17.8 Å². The highest BCUT2D eigenvalue weighted by Gasteiger charge is 2.23. The number of aromatic nitrogens is 1. The number of piperidine rings is 1. The fourth-order valence-corrected chi connectivity index (χ4v) is 1.99. The lowest BCUT2D eigenvalue weighted by Gasteiger charge is -2.30. The van der Waals surface area contributed by atoms with E-state index in [2.05, 4.69) is 10.3 Å². The molecule has 1 atom stereocenters. The quantitative estimate of drug-likeness (QED) is 0.794. The predicted octanol–water partition coefficient (Wildman–Crippen LogP) is 0.568. The van der Waals surface area contributed by atoms with Crippen LogP contribution in [0.1, 0.15) is 18.4 Å². The van der Waals surface area contributed by atoms with Gasteiger partial charge >= 0.3 is 0 Å². The van der Waals surface area contributed by atoms with Crippen LogP contribution >= 0.6 is 0 Å². The lowest BCUT2D eigenvalue weighted by atomic mass is 10.1. The molecule has 6 nitrogen and oxygen atoms in total. The van der Waals surface area contributed by atoms with E-state index in [9.17, 15) is 4.79 Å². The van der Waals surface area contributed by atoms with Gasteiger partial charge in [0.05, 0.1) is 11.3 Å². The molecule has 0 saturated carbocycles. The Hall–Kier alpha value is -2.29. The molecule has 2 heterocycles. The number of hydrogen-bond donors (Lipinski definition) is 2. The number of rotatable bonds is 2. The maximum atomic E-state index is 11.4. The lowest BCUT2D eigenvalue weighted by Crippen LogP contribution is -2.43. The summed E-state index contributed by atoms with van der Waals surface area (Å²) < 4.78 is 0. The molecule has 94 valence electrons. The number of carbonyl (C=O) groups excluding carboxylic acids is 1. The molecule has 1 aromatic rings. The van der Waals surface area contributed by atoms with Crippen molar-refractivity contribution < 1.29 is 4.79 Å². The molecule has 1 unspecified atom stereocenters. The minimum absolute atomic E-state index is 0.149. The fraction of sp³-hybridized carbons (Fsp3) is 0.417. The molecular weight excluding hydrogens is 230 g/mol. The third-order valence-electron chi connectivity index (χ3n) is 3.01. The smallest absolute Gasteiger partial charge is 0.222 e. The zero-order chi connectivity index (χ0) is 13.1. The fourth-order valence-electron chi connectivity index (χ4n) is 1.99. The van der Waals surface area contributed by atoms with Gasteiger partial charge in [0.15, 0.2) is 0 Å². The first-order valence-electron chi connectivity index (χ1n) is 5.76. The van der Waals surface area contributed by atoms with Crippen LogP contribution in [0.5, 0.6) is 0 Å². The van der Waals surface area contributed by atoms with Crippen molar-refractivity contribution in [1.29, 1.82) is 5.26 Å². The van der Waals surface area contributed by atoms with Gasteiger partial charge in [0.1, 0.15) is 11.9 Å². The number of carbonyl (C=O) groups is 1. The van der Waals surface area contributed by atoms with E-state index in [1.54, 1.807) is 18.0 Å². The lowest BCUT2D eigenvalue weighted by molar-refractivity contribution is -0.132. The number of hydrogen-bond acceptors (Lipinski definition) is 5. The number of nitrogens with one attached hydrogen (secondary N) is 1. The molecule has 0 bridgehead atoms. The summed E-state index contributed by atoms with van der Waals surface area (Å²) in [7, 11) is 1.78. The van der Waals surface area contributed by atoms with Crippen LogP contribution in [0.2, 0.25) is 0 Å². The molecule has 0 spiro atoms. The van der Waals surface area contributed by atoms with Gasteiger partial charge in [-0.3, -0.25) is 4.79 Å². The second-order valence-corrected chi connectivity index (χ2v) is 4.43. The summed E-state index contributed by atoms with van der Waals surface area (Å²) in [5.74, 6) is 0.732. The van der Waals surface area contributed by atoms with Gasteiger partial charge in [0.25, 0.3) is 0 Å². The zero-order valence-corrected chi connectivity index (χ0v) is 10.2. The summed E-state index contributed by atoms with van der Waals surface area (Å²) in [5.41, 5.74) is 6.71. The average Bonchev–Trinajstić information content (AvgIpc) is 2.36. The molecule has 1 amide bonds. The zero-order valence-electron chi connectivity index (χ0n) is 10.2. The minimum Gasteiger partial charge on any atom is -0.396 e. The molecule has 0 radical (unpaired) electrons. The van der Waals surface area contributed by atoms with Crippen LogP contribution in [0.15, 0.2) is 12.3 Å². The predicted molar refractivity (Wildman–Crippen MR) is 67.6 cm³/mol. The number of nitriles is 1. The highest BCUT2D eigenvalue weighted by molar-refractivity contribution is 5.77. The third kappa shape index (κ3) is 2.51. The average molecular weight is 245 g/mol. The summed E-state index contributed by atoms with van der Waals surface area (Å²) >= 11 is 0. The molecule has 1 aliphatic heterocycles. The van der Waals surface area contributed by atoms with E-state index in [-0.39, 0.29) is 11.9 Å². The van der Waals surface area contributed by atoms with Crippen LogP contribution < -0.4 is 11.1 Å². The number of amides is 1. The Morgan fingerprint density at radius 3 is 3.06 bits per heavy atom. The van der Waals surface area contributed by atoms with Gasteiger partial charge in [-0.1, -0.05) is 0 Å². The second-order valence-electron chi connectivity index (χ2n) is 4.43. The van der Waals surface area contributed by atoms with Crippen LogP contribution in [0, 0.1) is 11.3 Å². The minimum atomic E-state index is 0.149. The molecule has 1 saturated heterocycles. The van der Waals surface area contributed by atoms with Crippen LogP contribution in [0.3, 0.4) is 0 Å². The number of pyridine rings is 1. The molecule has 0 aliphatic carbocycles. The highest BCUT2D eigenvalue weighted by atomic mass is 16.2. The Labute approximate surface area is 105 Å². The van der Waals surface area contributed by atoms with E-state index in [1.165, 1.54) is 6.20 Å². The summed E-state index contributed by atoms with van der Waals surface area (Å²) in [6, 6.07) is 3.73. The first-order valence-corrected chi connectivity index (χ1v) is 5.76. The van der Waals surface area contributed by atoms with Crippen LogP contribution in [0.25, 0.3) is 0 Å². The van der Waals surface area contributed by atoms with Crippen molar-refractivity contribution in [2.24, 2.45) is 0 Å². The van der Waals surface area contributed by atoms with Crippen molar-refractivity contribution in [2.75, 3.05) is 24.6 Å². The van der Waals surface area contributed by atoms with E-state index in [0.29, 0.717) is 30.0 Å². The number of nitrogens with zero attached hydrogens (tertiary/aromatic N) is 3. The molecule has 2 rings (SSSR count). The van der Waals surface area contributed by atoms with Crippen LogP contribution in [-0.4, -0.2) is 35.4 Å². The molecule has 1 aromatic heterocycles. The number of anilines is 2. The summed E-state index contributed by atoms with van der Waals surface area (Å²) in [4.78, 5) is 17.2. The molecule has 6 heteroatoms. The van der Waals surface area contributed by atoms with Crippen molar-refractivity contribution in [1.82, 2.24) is 9.88 Å². The van der Waals surface area contributed by atoms with Gasteiger partial charge in [0.2, 0.25) is 5.91 Å². The van der Waals surface area contributed by atoms with Crippen molar-refractivity contribution >= 4 is 17.4 Å². The Bertz CT molecular complexity index is 508. The monoisotopic (exact) mass is 245 g/mol. The Kier molecular flexibility index (Phi) is 3.33. The van der Waals surface area contributed by atoms with E-state index in [4.69, 9.17) is 11.0 Å². The number of nitrogen functional groups attached to an aromatic ring is 1. The molecule has 1 aliphatic rings. The van der Waals surface area contributed by atoms with Crippen molar-refractivity contribution in [2.45, 2.75) is 18.9 Å². The number of nitrogens with two attached hydrogens (primary N) is 1. The van der Waals surface area contributed by atoms with Gasteiger partial charge in [-0.05, 0) is 12.5 Å². The van der Waals surface area contributed by atoms with E-state index >= 15 is 0 Å². The van der Waals surface area contributed by atoms with E-state index in [1.807, 2.05) is 6.07 Å². The SMILES string of the molecule is CN1CC(Nc2ncc(C#N)cc2N)CCC1=O. The van der Waals surface area contributed by atoms with Gasteiger partial charge in [-0.15, -0.1) is 0 Å². The van der Waals surface area contributed by atoms with E-state index < -0.39 is 0 Å². The summed E-state index contributed by atoms with van der Waals surface area (Å²) in [6.07, 6.45) is 2.78. The first-order chi connectivity index (χ1) is 8.60. The summed E-state index contributed by atoms with van der Waals surface area (Å²) in [5, 5.41) is 11.9. The maximum Gasteiger partial charge on any atom is 0.222 e. The highest BCUT2D eigenvalue weighted by Crippen LogP contribution is 2.20. The molecular formula is C12H15N5O. The standard InChI is InChI=1S/C12H15N5O/c1-17-7-9(2-3-11(17)18)16-12-10(14)4-8(5-13)6-15-12/h4,6,9H,2-3,7,14H2,1H3,(H,15,16). The maximum absolute atomic E-state index is 11.4. The summed E-state index contributed by atoms with van der Waals surface area (Å²) in [6.45, 7) is 0.639. The van der Waals surface area contributed by atoms with Gasteiger partial charge in [-0.25, -0.2) is 4.98 Å². The largest absolute Gasteiger partial charge is 0.396 e. The molecule has 0 aromatic carbocycles. The van der Waals surface area contributed by atoms with Gasteiger partial charge in [0, 0.05) is 32.3 Å². The Morgan fingerprint density at radius 2 is 2.44 bits per heavy atom. The molecule has 18 heavy (non-hydrogen) atoms. The van der Waals surface area contributed by atoms with Gasteiger partial charge in [-0.2, -0.15) is 5.26 Å². The Balaban J connectivity index is 2.06.